The fourth-order valence-electron chi connectivity index (χ4n) is 5.10. The minimum atomic E-state index is -0.841. The van der Waals surface area contributed by atoms with Crippen LogP contribution in [0.4, 0.5) is 0 Å². The summed E-state index contributed by atoms with van der Waals surface area (Å²) in [6.45, 7) is 3.78. The average Bonchev–Trinajstić information content (AvgIpc) is 2.99. The van der Waals surface area contributed by atoms with Gasteiger partial charge in [-0.2, -0.15) is 0 Å². The number of phenols is 1. The molecule has 0 bridgehead atoms. The summed E-state index contributed by atoms with van der Waals surface area (Å²) in [5, 5.41) is 30.4. The highest BCUT2D eigenvalue weighted by atomic mass is 16.3. The SMILES string of the molecule is CC(C)C[C@H](CO)NC(=O)C1Cc2cc(O)ccc2CN1C(=O)c1cc(-c2ccccn2)nc2ncccc12.O=CO. The number of fused-ring (bicyclic) bond motifs is 2. The van der Waals surface area contributed by atoms with Crippen LogP contribution in [-0.2, 0) is 22.6 Å². The molecule has 3 aromatic heterocycles. The Labute approximate surface area is 242 Å². The molecule has 0 fully saturated rings. The molecule has 0 saturated carbocycles. The van der Waals surface area contributed by atoms with Gasteiger partial charge >= 0.3 is 0 Å². The van der Waals surface area contributed by atoms with Crippen molar-refractivity contribution in [2.45, 2.75) is 45.3 Å². The molecule has 4 aromatic rings. The number of hydrogen-bond acceptors (Lipinski definition) is 8. The number of nitrogens with zero attached hydrogens (tertiary/aromatic N) is 4. The minimum Gasteiger partial charge on any atom is -0.508 e. The number of aromatic hydroxyl groups is 1. The lowest BCUT2D eigenvalue weighted by Crippen LogP contribution is -2.55. The van der Waals surface area contributed by atoms with Crippen LogP contribution in [0.25, 0.3) is 22.4 Å². The van der Waals surface area contributed by atoms with Crippen LogP contribution < -0.4 is 5.32 Å². The highest BCUT2D eigenvalue weighted by molar-refractivity contribution is 6.07. The maximum Gasteiger partial charge on any atom is 0.290 e. The second-order valence-corrected chi connectivity index (χ2v) is 10.4. The number of benzene rings is 1. The zero-order chi connectivity index (χ0) is 30.2. The van der Waals surface area contributed by atoms with Crippen LogP contribution in [0.15, 0.2) is 67.0 Å². The number of pyridine rings is 3. The molecule has 4 heterocycles. The van der Waals surface area contributed by atoms with Gasteiger partial charge in [0.25, 0.3) is 12.4 Å². The number of hydrogen-bond donors (Lipinski definition) is 4. The molecule has 4 N–H and O–H groups in total. The molecule has 0 spiro atoms. The molecule has 11 nitrogen and oxygen atoms in total. The summed E-state index contributed by atoms with van der Waals surface area (Å²) in [6.07, 6.45) is 4.12. The van der Waals surface area contributed by atoms with Crippen molar-refractivity contribution in [2.75, 3.05) is 6.61 Å². The van der Waals surface area contributed by atoms with E-state index in [1.165, 1.54) is 0 Å². The van der Waals surface area contributed by atoms with Crippen LogP contribution in [0, 0.1) is 5.92 Å². The van der Waals surface area contributed by atoms with E-state index in [0.717, 1.165) is 11.1 Å². The first-order valence-electron chi connectivity index (χ1n) is 13.5. The van der Waals surface area contributed by atoms with Crippen molar-refractivity contribution in [1.29, 1.82) is 0 Å². The summed E-state index contributed by atoms with van der Waals surface area (Å²) in [6, 6.07) is 14.4. The Hall–Kier alpha value is -4.90. The number of aromatic nitrogens is 3. The van der Waals surface area contributed by atoms with Gasteiger partial charge in [0.1, 0.15) is 11.8 Å². The van der Waals surface area contributed by atoms with E-state index in [1.54, 1.807) is 59.8 Å². The highest BCUT2D eigenvalue weighted by Crippen LogP contribution is 2.30. The number of carbonyl (C=O) groups excluding carboxylic acids is 2. The Kier molecular flexibility index (Phi) is 9.77. The number of aliphatic hydroxyl groups is 1. The molecular weight excluding hydrogens is 538 g/mol. The minimum absolute atomic E-state index is 0.104. The Bertz CT molecular complexity index is 1560. The number of carboxylic acid groups (broad SMARTS) is 1. The third-order valence-electron chi connectivity index (χ3n) is 6.95. The standard InChI is InChI=1S/C30H31N5O4.CH2O2/c1-18(2)12-21(17-36)33-29(38)27-14-20-13-22(37)9-8-19(20)16-35(27)30(39)24-15-26(25-7-3-4-10-31-25)34-28-23(24)6-5-11-32-28;2-1-3/h3-11,13,15,18,21,27,36-37H,12,14,16-17H2,1-2H3,(H,33,38);1H,(H,2,3)/t21-,27?;/m1./s1. The van der Waals surface area contributed by atoms with Gasteiger partial charge in [0, 0.05) is 30.7 Å². The second-order valence-electron chi connectivity index (χ2n) is 10.4. The molecule has 1 aliphatic heterocycles. The van der Waals surface area contributed by atoms with E-state index in [-0.39, 0.29) is 49.5 Å². The molecule has 0 aliphatic carbocycles. The Morgan fingerprint density at radius 3 is 2.50 bits per heavy atom. The first-order valence-corrected chi connectivity index (χ1v) is 13.5. The molecular formula is C31H33N5O6. The average molecular weight is 572 g/mol. The zero-order valence-electron chi connectivity index (χ0n) is 23.3. The van der Waals surface area contributed by atoms with Gasteiger partial charge in [-0.25, -0.2) is 9.97 Å². The molecule has 1 aliphatic rings. The maximum absolute atomic E-state index is 14.3. The predicted molar refractivity (Wildman–Crippen MR) is 155 cm³/mol. The summed E-state index contributed by atoms with van der Waals surface area (Å²) in [5.74, 6) is -0.314. The Morgan fingerprint density at radius 1 is 1.05 bits per heavy atom. The third-order valence-corrected chi connectivity index (χ3v) is 6.95. The monoisotopic (exact) mass is 571 g/mol. The van der Waals surface area contributed by atoms with Crippen LogP contribution in [0.5, 0.6) is 5.75 Å². The lowest BCUT2D eigenvalue weighted by atomic mass is 9.91. The fraction of sp³-hybridized carbons (Fsp3) is 0.290. The highest BCUT2D eigenvalue weighted by Gasteiger charge is 2.37. The molecule has 1 aromatic carbocycles. The number of amides is 2. The topological polar surface area (TPSA) is 166 Å². The van der Waals surface area contributed by atoms with Crippen molar-refractivity contribution in [3.8, 4) is 17.1 Å². The first kappa shape index (κ1) is 30.1. The number of phenolic OH excluding ortho intramolecular Hbond substituents is 1. The van der Waals surface area contributed by atoms with Crippen LogP contribution in [0.2, 0.25) is 0 Å². The van der Waals surface area contributed by atoms with Gasteiger partial charge in [-0.05, 0) is 65.9 Å². The van der Waals surface area contributed by atoms with Gasteiger partial charge in [-0.3, -0.25) is 19.4 Å². The van der Waals surface area contributed by atoms with Gasteiger partial charge in [0.2, 0.25) is 5.91 Å². The molecule has 1 unspecified atom stereocenters. The predicted octanol–water partition coefficient (Wildman–Crippen LogP) is 3.19. The van der Waals surface area contributed by atoms with E-state index in [2.05, 4.69) is 20.3 Å². The molecule has 0 saturated heterocycles. The van der Waals surface area contributed by atoms with Crippen LogP contribution in [0.1, 0.15) is 41.8 Å². The summed E-state index contributed by atoms with van der Waals surface area (Å²) in [4.78, 5) is 51.3. The van der Waals surface area contributed by atoms with Crippen molar-refractivity contribution < 1.29 is 29.7 Å². The van der Waals surface area contributed by atoms with Crippen LogP contribution in [0.3, 0.4) is 0 Å². The van der Waals surface area contributed by atoms with Crippen molar-refractivity contribution in [3.05, 3.63) is 83.7 Å². The molecule has 0 radical (unpaired) electrons. The molecule has 11 heteroatoms. The quantitative estimate of drug-likeness (QED) is 0.244. The molecule has 2 amide bonds. The lowest BCUT2D eigenvalue weighted by Gasteiger charge is -2.37. The Balaban J connectivity index is 0.00000129. The van der Waals surface area contributed by atoms with Crippen molar-refractivity contribution in [2.24, 2.45) is 5.92 Å². The van der Waals surface area contributed by atoms with Crippen molar-refractivity contribution in [3.63, 3.8) is 0 Å². The number of nitrogens with one attached hydrogen (secondary N) is 1. The van der Waals surface area contributed by atoms with Gasteiger partial charge in [-0.15, -0.1) is 0 Å². The van der Waals surface area contributed by atoms with Crippen molar-refractivity contribution in [1.82, 2.24) is 25.2 Å². The van der Waals surface area contributed by atoms with E-state index in [1.807, 2.05) is 26.0 Å². The molecule has 218 valence electrons. The van der Waals surface area contributed by atoms with E-state index >= 15 is 0 Å². The molecule has 2 atom stereocenters. The number of aliphatic hydroxyl groups excluding tert-OH is 1. The normalized spacial score (nSPS) is 14.9. The smallest absolute Gasteiger partial charge is 0.290 e. The van der Waals surface area contributed by atoms with E-state index in [9.17, 15) is 19.8 Å². The maximum atomic E-state index is 14.3. The van der Waals surface area contributed by atoms with Gasteiger partial charge in [-0.1, -0.05) is 26.0 Å². The van der Waals surface area contributed by atoms with E-state index < -0.39 is 12.1 Å². The number of rotatable bonds is 7. The summed E-state index contributed by atoms with van der Waals surface area (Å²) >= 11 is 0. The fourth-order valence-corrected chi connectivity index (χ4v) is 5.10. The van der Waals surface area contributed by atoms with E-state index in [4.69, 9.17) is 9.90 Å². The van der Waals surface area contributed by atoms with Crippen LogP contribution in [-0.4, -0.2) is 72.1 Å². The summed E-state index contributed by atoms with van der Waals surface area (Å²) in [7, 11) is 0. The van der Waals surface area contributed by atoms with Crippen molar-refractivity contribution >= 4 is 29.3 Å². The largest absolute Gasteiger partial charge is 0.508 e. The molecule has 5 rings (SSSR count). The zero-order valence-corrected chi connectivity index (χ0v) is 23.3. The van der Waals surface area contributed by atoms with E-state index in [0.29, 0.717) is 34.4 Å². The van der Waals surface area contributed by atoms with Gasteiger partial charge < -0.3 is 25.5 Å². The lowest BCUT2D eigenvalue weighted by molar-refractivity contribution is -0.127. The van der Waals surface area contributed by atoms with Gasteiger partial charge in [0.05, 0.1) is 29.6 Å². The third kappa shape index (κ3) is 6.87. The molecule has 42 heavy (non-hydrogen) atoms. The Morgan fingerprint density at radius 2 is 1.81 bits per heavy atom. The summed E-state index contributed by atoms with van der Waals surface area (Å²) < 4.78 is 0. The van der Waals surface area contributed by atoms with Crippen LogP contribution >= 0.6 is 0 Å². The first-order chi connectivity index (χ1) is 20.2. The summed E-state index contributed by atoms with van der Waals surface area (Å²) in [5.41, 5.74) is 3.55. The number of carbonyl (C=O) groups is 3. The van der Waals surface area contributed by atoms with Gasteiger partial charge in [0.15, 0.2) is 5.65 Å². The second kappa shape index (κ2) is 13.6.